The summed E-state index contributed by atoms with van der Waals surface area (Å²) < 4.78 is 0. The van der Waals surface area contributed by atoms with Crippen LogP contribution in [0.3, 0.4) is 0 Å². The van der Waals surface area contributed by atoms with Crippen LogP contribution in [-0.2, 0) is 9.59 Å². The van der Waals surface area contributed by atoms with Crippen molar-refractivity contribution < 1.29 is 24.6 Å². The second-order valence-electron chi connectivity index (χ2n) is 4.24. The SMILES string of the molecule is N[C@H](CSSC[C@H](NC(=O)c1ccccc1)C(=O)O)C(=O)O. The number of carboxylic acids is 2. The summed E-state index contributed by atoms with van der Waals surface area (Å²) in [6, 6.07) is 6.23. The Morgan fingerprint density at radius 3 is 2.18 bits per heavy atom. The van der Waals surface area contributed by atoms with E-state index in [1.54, 1.807) is 30.3 Å². The lowest BCUT2D eigenvalue weighted by Crippen LogP contribution is -2.42. The molecule has 0 heterocycles. The molecule has 9 heteroatoms. The van der Waals surface area contributed by atoms with Gasteiger partial charge in [0.05, 0.1) is 0 Å². The maximum atomic E-state index is 11.9. The maximum absolute atomic E-state index is 11.9. The Labute approximate surface area is 135 Å². The van der Waals surface area contributed by atoms with E-state index >= 15 is 0 Å². The highest BCUT2D eigenvalue weighted by Crippen LogP contribution is 2.22. The Hall–Kier alpha value is -1.71. The van der Waals surface area contributed by atoms with Crippen LogP contribution in [-0.4, -0.2) is 51.6 Å². The number of carbonyl (C=O) groups excluding carboxylic acids is 1. The third-order valence-electron chi connectivity index (χ3n) is 2.52. The number of benzene rings is 1. The van der Waals surface area contributed by atoms with Crippen molar-refractivity contribution >= 4 is 39.4 Å². The van der Waals surface area contributed by atoms with Gasteiger partial charge in [-0.25, -0.2) is 4.79 Å². The van der Waals surface area contributed by atoms with Crippen molar-refractivity contribution in [2.24, 2.45) is 5.73 Å². The molecule has 0 saturated heterocycles. The molecule has 1 rings (SSSR count). The summed E-state index contributed by atoms with van der Waals surface area (Å²) in [6.45, 7) is 0. The highest BCUT2D eigenvalue weighted by molar-refractivity contribution is 8.76. The number of amides is 1. The largest absolute Gasteiger partial charge is 0.480 e. The number of carbonyl (C=O) groups is 3. The number of nitrogens with two attached hydrogens (primary N) is 1. The quantitative estimate of drug-likeness (QED) is 0.380. The molecule has 5 N–H and O–H groups in total. The summed E-state index contributed by atoms with van der Waals surface area (Å²) in [6.07, 6.45) is 0. The van der Waals surface area contributed by atoms with Gasteiger partial charge in [0, 0.05) is 17.1 Å². The maximum Gasteiger partial charge on any atom is 0.327 e. The van der Waals surface area contributed by atoms with Crippen LogP contribution in [0.4, 0.5) is 0 Å². The third-order valence-corrected chi connectivity index (χ3v) is 4.97. The van der Waals surface area contributed by atoms with E-state index in [1.807, 2.05) is 0 Å². The highest BCUT2D eigenvalue weighted by Gasteiger charge is 2.21. The van der Waals surface area contributed by atoms with Gasteiger partial charge in [-0.3, -0.25) is 9.59 Å². The van der Waals surface area contributed by atoms with Crippen LogP contribution in [0, 0.1) is 0 Å². The molecule has 0 aromatic heterocycles. The van der Waals surface area contributed by atoms with E-state index in [0.717, 1.165) is 21.6 Å². The number of carboxylic acid groups (broad SMARTS) is 2. The first-order valence-electron chi connectivity index (χ1n) is 6.23. The lowest BCUT2D eigenvalue weighted by Gasteiger charge is -2.14. The van der Waals surface area contributed by atoms with Crippen LogP contribution in [0.2, 0.25) is 0 Å². The van der Waals surface area contributed by atoms with Crippen molar-refractivity contribution in [1.82, 2.24) is 5.32 Å². The Morgan fingerprint density at radius 1 is 1.05 bits per heavy atom. The van der Waals surface area contributed by atoms with Crippen LogP contribution in [0.25, 0.3) is 0 Å². The van der Waals surface area contributed by atoms with Crippen molar-refractivity contribution in [2.75, 3.05) is 11.5 Å². The van der Waals surface area contributed by atoms with E-state index in [-0.39, 0.29) is 11.5 Å². The molecule has 0 aliphatic carbocycles. The lowest BCUT2D eigenvalue weighted by molar-refractivity contribution is -0.139. The van der Waals surface area contributed by atoms with E-state index in [2.05, 4.69) is 5.32 Å². The highest BCUT2D eigenvalue weighted by atomic mass is 33.1. The van der Waals surface area contributed by atoms with E-state index in [4.69, 9.17) is 15.9 Å². The van der Waals surface area contributed by atoms with Crippen LogP contribution in [0.1, 0.15) is 10.4 Å². The van der Waals surface area contributed by atoms with Gasteiger partial charge in [0.15, 0.2) is 0 Å². The molecule has 0 unspecified atom stereocenters. The normalized spacial score (nSPS) is 13.1. The van der Waals surface area contributed by atoms with Crippen LogP contribution >= 0.6 is 21.6 Å². The summed E-state index contributed by atoms with van der Waals surface area (Å²) in [5, 5.41) is 20.2. The van der Waals surface area contributed by atoms with E-state index < -0.39 is 29.9 Å². The molecule has 0 bridgehead atoms. The topological polar surface area (TPSA) is 130 Å². The molecule has 0 aliphatic heterocycles. The molecular formula is C13H16N2O5S2. The summed E-state index contributed by atoms with van der Waals surface area (Å²) in [5.41, 5.74) is 5.70. The van der Waals surface area contributed by atoms with Gasteiger partial charge < -0.3 is 21.3 Å². The van der Waals surface area contributed by atoms with Crippen LogP contribution in [0.5, 0.6) is 0 Å². The monoisotopic (exact) mass is 344 g/mol. The predicted molar refractivity (Wildman–Crippen MR) is 85.9 cm³/mol. The number of aliphatic carboxylic acids is 2. The van der Waals surface area contributed by atoms with Crippen LogP contribution < -0.4 is 11.1 Å². The molecular weight excluding hydrogens is 328 g/mol. The summed E-state index contributed by atoms with van der Waals surface area (Å²) >= 11 is 0. The van der Waals surface area contributed by atoms with E-state index in [9.17, 15) is 14.4 Å². The number of nitrogens with one attached hydrogen (secondary N) is 1. The smallest absolute Gasteiger partial charge is 0.327 e. The van der Waals surface area contributed by atoms with Gasteiger partial charge >= 0.3 is 11.9 Å². The molecule has 7 nitrogen and oxygen atoms in total. The van der Waals surface area contributed by atoms with Gasteiger partial charge in [-0.15, -0.1) is 0 Å². The fourth-order valence-corrected chi connectivity index (χ4v) is 3.58. The summed E-state index contributed by atoms with van der Waals surface area (Å²) in [4.78, 5) is 33.6. The molecule has 1 amide bonds. The summed E-state index contributed by atoms with van der Waals surface area (Å²) in [7, 11) is 2.30. The minimum absolute atomic E-state index is 0.102. The number of rotatable bonds is 9. The van der Waals surface area contributed by atoms with Gasteiger partial charge in [-0.05, 0) is 12.1 Å². The standard InChI is InChI=1S/C13H16N2O5S2/c14-9(12(17)18)6-21-22-7-10(13(19)20)15-11(16)8-4-2-1-3-5-8/h1-5,9-10H,6-7,14H2,(H,15,16)(H,17,18)(H,19,20)/t9-,10+/m1/s1. The third kappa shape index (κ3) is 6.37. The molecule has 1 aromatic rings. The first kappa shape index (κ1) is 18.3. The Kier molecular flexibility index (Phi) is 7.78. The molecule has 0 fully saturated rings. The lowest BCUT2D eigenvalue weighted by atomic mass is 10.2. The van der Waals surface area contributed by atoms with Crippen molar-refractivity contribution in [2.45, 2.75) is 12.1 Å². The molecule has 1 aromatic carbocycles. The first-order valence-corrected chi connectivity index (χ1v) is 8.72. The average Bonchev–Trinajstić information content (AvgIpc) is 2.50. The van der Waals surface area contributed by atoms with Crippen molar-refractivity contribution in [3.63, 3.8) is 0 Å². The molecule has 22 heavy (non-hydrogen) atoms. The molecule has 0 radical (unpaired) electrons. The molecule has 2 atom stereocenters. The van der Waals surface area contributed by atoms with Crippen LogP contribution in [0.15, 0.2) is 30.3 Å². The molecule has 0 saturated carbocycles. The fraction of sp³-hybridized carbons (Fsp3) is 0.308. The van der Waals surface area contributed by atoms with E-state index in [1.165, 1.54) is 0 Å². The van der Waals surface area contributed by atoms with Crippen molar-refractivity contribution in [3.8, 4) is 0 Å². The zero-order chi connectivity index (χ0) is 16.5. The second-order valence-corrected chi connectivity index (χ2v) is 6.80. The number of hydrogen-bond donors (Lipinski definition) is 4. The summed E-state index contributed by atoms with van der Waals surface area (Å²) in [5.74, 6) is -2.48. The predicted octanol–water partition coefficient (Wildman–Crippen LogP) is 0.663. The molecule has 0 aliphatic rings. The Bertz CT molecular complexity index is 526. The van der Waals surface area contributed by atoms with Gasteiger partial charge in [-0.2, -0.15) is 0 Å². The Balaban J connectivity index is 2.44. The average molecular weight is 344 g/mol. The van der Waals surface area contributed by atoms with E-state index in [0.29, 0.717) is 5.56 Å². The Morgan fingerprint density at radius 2 is 1.64 bits per heavy atom. The van der Waals surface area contributed by atoms with Gasteiger partial charge in [-0.1, -0.05) is 39.8 Å². The zero-order valence-corrected chi connectivity index (χ0v) is 13.1. The van der Waals surface area contributed by atoms with Crippen molar-refractivity contribution in [1.29, 1.82) is 0 Å². The van der Waals surface area contributed by atoms with Crippen molar-refractivity contribution in [3.05, 3.63) is 35.9 Å². The first-order chi connectivity index (χ1) is 10.4. The molecule has 120 valence electrons. The van der Waals surface area contributed by atoms with Gasteiger partial charge in [0.2, 0.25) is 0 Å². The minimum Gasteiger partial charge on any atom is -0.480 e. The molecule has 0 spiro atoms. The second kappa shape index (κ2) is 9.34. The van der Waals surface area contributed by atoms with Gasteiger partial charge in [0.1, 0.15) is 12.1 Å². The number of hydrogen-bond acceptors (Lipinski definition) is 6. The fourth-order valence-electron chi connectivity index (χ4n) is 1.31. The zero-order valence-electron chi connectivity index (χ0n) is 11.5. The van der Waals surface area contributed by atoms with Gasteiger partial charge in [0.25, 0.3) is 5.91 Å². The minimum atomic E-state index is -1.15.